The lowest BCUT2D eigenvalue weighted by molar-refractivity contribution is -0.249. The first-order chi connectivity index (χ1) is 17.6. The van der Waals surface area contributed by atoms with Crippen molar-refractivity contribution >= 4 is 27.5 Å². The van der Waals surface area contributed by atoms with Gasteiger partial charge in [-0.25, -0.2) is 18.3 Å². The van der Waals surface area contributed by atoms with Gasteiger partial charge in [-0.15, -0.1) is 0 Å². The van der Waals surface area contributed by atoms with Crippen LogP contribution >= 0.6 is 11.6 Å². The Morgan fingerprint density at radius 2 is 1.78 bits per heavy atom. The van der Waals surface area contributed by atoms with Crippen LogP contribution in [0.25, 0.3) is 0 Å². The molecule has 0 radical (unpaired) electrons. The molecule has 12 heteroatoms. The van der Waals surface area contributed by atoms with Crippen LogP contribution in [0, 0.1) is 5.82 Å². The third-order valence-electron chi connectivity index (χ3n) is 6.08. The van der Waals surface area contributed by atoms with E-state index >= 15 is 0 Å². The van der Waals surface area contributed by atoms with Gasteiger partial charge in [0.05, 0.1) is 16.5 Å². The highest BCUT2D eigenvalue weighted by Crippen LogP contribution is 2.37. The summed E-state index contributed by atoms with van der Waals surface area (Å²) in [6, 6.07) is 17.8. The highest BCUT2D eigenvalue weighted by molar-refractivity contribution is 7.89. The molecule has 3 aromatic rings. The Labute approximate surface area is 217 Å². The summed E-state index contributed by atoms with van der Waals surface area (Å²) in [6.07, 6.45) is -0.282. The molecule has 2 unspecified atom stereocenters. The smallest absolute Gasteiger partial charge is 0.267 e. The number of rotatable bonds is 8. The maximum atomic E-state index is 13.2. The van der Waals surface area contributed by atoms with E-state index in [1.807, 2.05) is 0 Å². The Kier molecular flexibility index (Phi) is 7.83. The Morgan fingerprint density at radius 1 is 1.08 bits per heavy atom. The summed E-state index contributed by atoms with van der Waals surface area (Å²) in [5.41, 5.74) is 0.612. The van der Waals surface area contributed by atoms with Gasteiger partial charge in [-0.2, -0.15) is 4.72 Å². The van der Waals surface area contributed by atoms with E-state index in [2.05, 4.69) is 4.72 Å². The minimum atomic E-state index is -4.27. The van der Waals surface area contributed by atoms with E-state index in [4.69, 9.17) is 21.1 Å². The molecule has 2 atom stereocenters. The normalized spacial score (nSPS) is 21.8. The number of nitrogens with one attached hydrogen (secondary N) is 2. The molecule has 4 rings (SSSR count). The fourth-order valence-corrected chi connectivity index (χ4v) is 5.54. The standard InChI is InChI=1S/C25H24ClFN2O7S/c26-22-14-19(27)7-6-17(22)15-35-20-8-10-21(11-9-20)37(33,34)29-24(23(30)28-32)12-13-25(31,36-16-24)18-4-2-1-3-5-18/h1-11,14,29,31-32H,12-13,15-16H2,(H,28,30). The summed E-state index contributed by atoms with van der Waals surface area (Å²) in [5, 5.41) is 20.4. The lowest BCUT2D eigenvalue weighted by Crippen LogP contribution is -2.64. The van der Waals surface area contributed by atoms with Gasteiger partial charge in [-0.3, -0.25) is 10.0 Å². The quantitative estimate of drug-likeness (QED) is 0.250. The van der Waals surface area contributed by atoms with Crippen molar-refractivity contribution in [1.29, 1.82) is 0 Å². The molecule has 1 heterocycles. The van der Waals surface area contributed by atoms with Crippen molar-refractivity contribution in [3.05, 3.63) is 94.8 Å². The van der Waals surface area contributed by atoms with E-state index in [0.717, 1.165) is 6.07 Å². The van der Waals surface area contributed by atoms with Gasteiger partial charge in [0.1, 0.15) is 23.7 Å². The molecule has 1 aliphatic heterocycles. The predicted octanol–water partition coefficient (Wildman–Crippen LogP) is 3.24. The molecular formula is C25H24ClFN2O7S. The molecule has 0 spiro atoms. The van der Waals surface area contributed by atoms with Crippen LogP contribution in [0.5, 0.6) is 5.75 Å². The van der Waals surface area contributed by atoms with Crippen molar-refractivity contribution in [1.82, 2.24) is 10.2 Å². The summed E-state index contributed by atoms with van der Waals surface area (Å²) in [7, 11) is -4.27. The van der Waals surface area contributed by atoms with Gasteiger partial charge in [0.2, 0.25) is 10.0 Å². The molecule has 0 aliphatic carbocycles. The van der Waals surface area contributed by atoms with Gasteiger partial charge in [0.25, 0.3) is 5.91 Å². The number of hydroxylamine groups is 1. The molecule has 1 saturated heterocycles. The maximum Gasteiger partial charge on any atom is 0.267 e. The molecule has 1 aliphatic rings. The predicted molar refractivity (Wildman–Crippen MR) is 131 cm³/mol. The van der Waals surface area contributed by atoms with E-state index in [1.165, 1.54) is 41.9 Å². The molecule has 4 N–H and O–H groups in total. The van der Waals surface area contributed by atoms with Crippen molar-refractivity contribution in [2.24, 2.45) is 0 Å². The van der Waals surface area contributed by atoms with Gasteiger partial charge in [0.15, 0.2) is 5.79 Å². The minimum absolute atomic E-state index is 0.0326. The highest BCUT2D eigenvalue weighted by atomic mass is 35.5. The minimum Gasteiger partial charge on any atom is -0.489 e. The Morgan fingerprint density at radius 3 is 2.38 bits per heavy atom. The average molecular weight is 551 g/mol. The SMILES string of the molecule is O=C(NO)C1(NS(=O)(=O)c2ccc(OCc3ccc(F)cc3Cl)cc2)CCC(O)(c2ccccc2)OC1. The maximum absolute atomic E-state index is 13.2. The summed E-state index contributed by atoms with van der Waals surface area (Å²) < 4.78 is 53.0. The molecule has 9 nitrogen and oxygen atoms in total. The number of halogens is 2. The van der Waals surface area contributed by atoms with Crippen molar-refractivity contribution < 1.29 is 37.4 Å². The van der Waals surface area contributed by atoms with Crippen LogP contribution in [0.15, 0.2) is 77.7 Å². The van der Waals surface area contributed by atoms with Crippen molar-refractivity contribution in [2.75, 3.05) is 6.61 Å². The first-order valence-corrected chi connectivity index (χ1v) is 13.0. The van der Waals surface area contributed by atoms with E-state index < -0.39 is 39.7 Å². The number of carbonyl (C=O) groups is 1. The number of hydrogen-bond acceptors (Lipinski definition) is 7. The van der Waals surface area contributed by atoms with Crippen LogP contribution in [0.3, 0.4) is 0 Å². The Hall–Kier alpha value is -3.06. The second kappa shape index (κ2) is 10.7. The highest BCUT2D eigenvalue weighted by Gasteiger charge is 2.50. The Bertz CT molecular complexity index is 1360. The summed E-state index contributed by atoms with van der Waals surface area (Å²) in [4.78, 5) is 12.4. The van der Waals surface area contributed by atoms with Gasteiger partial charge >= 0.3 is 0 Å². The van der Waals surface area contributed by atoms with E-state index in [-0.39, 0.29) is 29.4 Å². The number of amides is 1. The largest absolute Gasteiger partial charge is 0.489 e. The number of aliphatic hydroxyl groups is 1. The topological polar surface area (TPSA) is 134 Å². The molecular weight excluding hydrogens is 527 g/mol. The van der Waals surface area contributed by atoms with Crippen LogP contribution in [-0.4, -0.2) is 36.8 Å². The first-order valence-electron chi connectivity index (χ1n) is 11.1. The van der Waals surface area contributed by atoms with Crippen LogP contribution in [0.1, 0.15) is 24.0 Å². The van der Waals surface area contributed by atoms with Gasteiger partial charge < -0.3 is 14.6 Å². The fraction of sp³-hybridized carbons (Fsp3) is 0.240. The molecule has 1 fully saturated rings. The summed E-state index contributed by atoms with van der Waals surface area (Å²) in [6.45, 7) is -0.505. The van der Waals surface area contributed by atoms with E-state index in [1.54, 1.807) is 30.3 Å². The molecule has 37 heavy (non-hydrogen) atoms. The number of carbonyl (C=O) groups excluding carboxylic acids is 1. The van der Waals surface area contributed by atoms with Crippen molar-refractivity contribution in [3.8, 4) is 5.75 Å². The number of hydrogen-bond donors (Lipinski definition) is 4. The van der Waals surface area contributed by atoms with Gasteiger partial charge in [-0.1, -0.05) is 48.0 Å². The second-order valence-corrected chi connectivity index (χ2v) is 10.7. The molecule has 1 amide bonds. The molecule has 0 saturated carbocycles. The van der Waals surface area contributed by atoms with E-state index in [9.17, 15) is 27.9 Å². The van der Waals surface area contributed by atoms with Gasteiger partial charge in [0, 0.05) is 17.5 Å². The monoisotopic (exact) mass is 550 g/mol. The number of ether oxygens (including phenoxy) is 2. The summed E-state index contributed by atoms with van der Waals surface area (Å²) >= 11 is 5.99. The molecule has 196 valence electrons. The zero-order valence-electron chi connectivity index (χ0n) is 19.4. The van der Waals surface area contributed by atoms with E-state index in [0.29, 0.717) is 16.9 Å². The molecule has 0 aromatic heterocycles. The molecule has 3 aromatic carbocycles. The van der Waals surface area contributed by atoms with Crippen LogP contribution in [0.4, 0.5) is 4.39 Å². The van der Waals surface area contributed by atoms with Crippen LogP contribution in [-0.2, 0) is 31.9 Å². The van der Waals surface area contributed by atoms with Crippen molar-refractivity contribution in [2.45, 2.75) is 35.7 Å². The van der Waals surface area contributed by atoms with Crippen LogP contribution in [0.2, 0.25) is 5.02 Å². The number of benzene rings is 3. The second-order valence-electron chi connectivity index (χ2n) is 8.56. The third kappa shape index (κ3) is 5.93. The number of sulfonamides is 1. The average Bonchev–Trinajstić information content (AvgIpc) is 2.90. The molecule has 0 bridgehead atoms. The zero-order chi connectivity index (χ0) is 26.7. The zero-order valence-corrected chi connectivity index (χ0v) is 20.9. The Balaban J connectivity index is 1.47. The van der Waals surface area contributed by atoms with Crippen molar-refractivity contribution in [3.63, 3.8) is 0 Å². The van der Waals surface area contributed by atoms with Gasteiger partial charge in [-0.05, 0) is 42.8 Å². The lowest BCUT2D eigenvalue weighted by Gasteiger charge is -2.42. The lowest BCUT2D eigenvalue weighted by atomic mass is 9.86. The van der Waals surface area contributed by atoms with Crippen LogP contribution < -0.4 is 14.9 Å². The third-order valence-corrected chi connectivity index (χ3v) is 7.99. The fourth-order valence-electron chi connectivity index (χ4n) is 3.94. The summed E-state index contributed by atoms with van der Waals surface area (Å²) in [5.74, 6) is -2.90. The first kappa shape index (κ1) is 27.0.